The second kappa shape index (κ2) is 10.4. The van der Waals surface area contributed by atoms with Crippen molar-refractivity contribution in [2.75, 3.05) is 19.7 Å². The van der Waals surface area contributed by atoms with Gasteiger partial charge in [0.15, 0.2) is 0 Å². The van der Waals surface area contributed by atoms with Gasteiger partial charge in [0.05, 0.1) is 41.5 Å². The number of nitrogens with zero attached hydrogens (tertiary/aromatic N) is 4. The number of imidazole rings is 1. The van der Waals surface area contributed by atoms with Crippen molar-refractivity contribution in [2.45, 2.75) is 50.5 Å². The van der Waals surface area contributed by atoms with Gasteiger partial charge in [-0.1, -0.05) is 23.7 Å². The Kier molecular flexibility index (Phi) is 6.68. The van der Waals surface area contributed by atoms with Gasteiger partial charge in [-0.3, -0.25) is 4.90 Å². The molecule has 10 heteroatoms. The number of rotatable bonds is 9. The molecule has 2 saturated heterocycles. The topological polar surface area (TPSA) is 89.7 Å². The van der Waals surface area contributed by atoms with Crippen LogP contribution < -0.4 is 4.74 Å². The Labute approximate surface area is 241 Å². The first-order valence-electron chi connectivity index (χ1n) is 14.0. The normalized spacial score (nSPS) is 23.7. The lowest BCUT2D eigenvalue weighted by molar-refractivity contribution is -0.0592. The van der Waals surface area contributed by atoms with E-state index >= 15 is 0 Å². The molecule has 3 atom stereocenters. The molecule has 212 valence electrons. The van der Waals surface area contributed by atoms with E-state index in [2.05, 4.69) is 15.5 Å². The number of likely N-dealkylation sites (tertiary alicyclic amines) is 1. The Balaban J connectivity index is 1.05. The van der Waals surface area contributed by atoms with E-state index in [9.17, 15) is 14.3 Å². The van der Waals surface area contributed by atoms with Gasteiger partial charge in [0.1, 0.15) is 18.2 Å². The molecule has 0 bridgehead atoms. The van der Waals surface area contributed by atoms with Gasteiger partial charge in [0.2, 0.25) is 5.88 Å². The number of carboxylic acid groups (broad SMARTS) is 1. The van der Waals surface area contributed by atoms with Crippen LogP contribution in [-0.4, -0.2) is 56.3 Å². The fraction of sp³-hybridized carbons (Fsp3) is 0.387. The molecule has 0 spiro atoms. The predicted octanol–water partition coefficient (Wildman–Crippen LogP) is 5.45. The third-order valence-electron chi connectivity index (χ3n) is 8.83. The average Bonchev–Trinajstić information content (AvgIpc) is 3.58. The summed E-state index contributed by atoms with van der Waals surface area (Å²) in [5.41, 5.74) is 3.42. The zero-order chi connectivity index (χ0) is 28.1. The number of hydrogen-bond donors (Lipinski definition) is 1. The first-order chi connectivity index (χ1) is 19.9. The lowest BCUT2D eigenvalue weighted by Crippen LogP contribution is -2.37. The minimum atomic E-state index is -0.942. The van der Waals surface area contributed by atoms with Crippen LogP contribution in [0.3, 0.4) is 0 Å². The van der Waals surface area contributed by atoms with Crippen molar-refractivity contribution < 1.29 is 23.8 Å². The summed E-state index contributed by atoms with van der Waals surface area (Å²) in [5.74, 6) is 0.584. The van der Waals surface area contributed by atoms with Crippen LogP contribution in [-0.2, 0) is 29.8 Å². The molecule has 1 saturated carbocycles. The second-order valence-electron chi connectivity index (χ2n) is 11.4. The van der Waals surface area contributed by atoms with E-state index < -0.39 is 11.8 Å². The number of aromatic carboxylic acids is 1. The second-order valence-corrected chi connectivity index (χ2v) is 11.8. The quantitative estimate of drug-likeness (QED) is 0.283. The van der Waals surface area contributed by atoms with Gasteiger partial charge in [-0.2, -0.15) is 0 Å². The highest BCUT2D eigenvalue weighted by molar-refractivity contribution is 6.30. The first kappa shape index (κ1) is 26.4. The molecule has 2 aromatic heterocycles. The summed E-state index contributed by atoms with van der Waals surface area (Å²) >= 11 is 5.86. The van der Waals surface area contributed by atoms with Crippen LogP contribution in [0, 0.1) is 11.7 Å². The van der Waals surface area contributed by atoms with Crippen molar-refractivity contribution in [2.24, 2.45) is 5.92 Å². The SMILES string of the molecule is O=C(O)c1ccc2nc(CN3CCC4(c5cccc(OCc6ccc(Cl)cc6F)n5)CC4C3)n(CC3CCO3)c2c1. The van der Waals surface area contributed by atoms with E-state index in [0.717, 1.165) is 61.5 Å². The highest BCUT2D eigenvalue weighted by Crippen LogP contribution is 2.59. The molecule has 1 aliphatic carbocycles. The number of pyridine rings is 1. The average molecular weight is 577 g/mol. The van der Waals surface area contributed by atoms with Crippen LogP contribution in [0.1, 0.15) is 46.7 Å². The Morgan fingerprint density at radius 3 is 2.83 bits per heavy atom. The largest absolute Gasteiger partial charge is 0.478 e. The lowest BCUT2D eigenvalue weighted by atomic mass is 9.91. The summed E-state index contributed by atoms with van der Waals surface area (Å²) in [4.78, 5) is 23.8. The summed E-state index contributed by atoms with van der Waals surface area (Å²) in [5, 5.41) is 9.87. The Morgan fingerprint density at radius 2 is 2.07 bits per heavy atom. The minimum absolute atomic E-state index is 0.0394. The van der Waals surface area contributed by atoms with Crippen molar-refractivity contribution in [1.82, 2.24) is 19.4 Å². The summed E-state index contributed by atoms with van der Waals surface area (Å²) in [6, 6.07) is 15.5. The number of carboxylic acids is 1. The minimum Gasteiger partial charge on any atom is -0.478 e. The lowest BCUT2D eigenvalue weighted by Gasteiger charge is -2.32. The van der Waals surface area contributed by atoms with Gasteiger partial charge >= 0.3 is 5.97 Å². The Hall–Kier alpha value is -3.53. The molecular formula is C31H30ClFN4O4. The third-order valence-corrected chi connectivity index (χ3v) is 9.06. The van der Waals surface area contributed by atoms with E-state index in [4.69, 9.17) is 31.0 Å². The molecule has 41 heavy (non-hydrogen) atoms. The molecule has 3 aliphatic rings. The molecule has 8 nitrogen and oxygen atoms in total. The van der Waals surface area contributed by atoms with Gasteiger partial charge in [0, 0.05) is 35.2 Å². The third kappa shape index (κ3) is 5.07. The van der Waals surface area contributed by atoms with E-state index in [0.29, 0.717) is 35.5 Å². The molecule has 4 heterocycles. The van der Waals surface area contributed by atoms with E-state index in [1.54, 1.807) is 30.3 Å². The zero-order valence-corrected chi connectivity index (χ0v) is 23.2. The van der Waals surface area contributed by atoms with Gasteiger partial charge in [-0.25, -0.2) is 19.2 Å². The van der Waals surface area contributed by atoms with E-state index in [-0.39, 0.29) is 23.7 Å². The van der Waals surface area contributed by atoms with Crippen LogP contribution in [0.15, 0.2) is 54.6 Å². The maximum Gasteiger partial charge on any atom is 0.335 e. The number of aromatic nitrogens is 3. The van der Waals surface area contributed by atoms with Crippen molar-refractivity contribution >= 4 is 28.6 Å². The standard InChI is InChI=1S/C31H30ClFN4O4/c32-22-6-4-20(24(33)13-22)18-41-29-3-1-2-27(35-29)31-9-10-36(15-21(31)14-31)17-28-34-25-7-5-19(30(38)39)12-26(25)37(28)16-23-8-11-40-23/h1-7,12-13,21,23H,8-11,14-18H2,(H,38,39). The van der Waals surface area contributed by atoms with Crippen LogP contribution in [0.4, 0.5) is 4.39 Å². The van der Waals surface area contributed by atoms with Crippen molar-refractivity contribution in [3.8, 4) is 5.88 Å². The number of ether oxygens (including phenoxy) is 2. The highest BCUT2D eigenvalue weighted by Gasteiger charge is 2.58. The van der Waals surface area contributed by atoms with Gasteiger partial charge < -0.3 is 19.1 Å². The number of piperidine rings is 1. The van der Waals surface area contributed by atoms with Crippen molar-refractivity contribution in [3.63, 3.8) is 0 Å². The maximum atomic E-state index is 14.2. The summed E-state index contributed by atoms with van der Waals surface area (Å²) in [6.07, 6.45) is 3.18. The predicted molar refractivity (Wildman–Crippen MR) is 151 cm³/mol. The van der Waals surface area contributed by atoms with Crippen molar-refractivity contribution in [3.05, 3.63) is 88.1 Å². The fourth-order valence-corrected chi connectivity index (χ4v) is 6.46. The maximum absolute atomic E-state index is 14.2. The zero-order valence-electron chi connectivity index (χ0n) is 22.4. The molecule has 3 fully saturated rings. The summed E-state index contributed by atoms with van der Waals surface area (Å²) in [6.45, 7) is 4.06. The number of benzene rings is 2. The van der Waals surface area contributed by atoms with Crippen LogP contribution in [0.2, 0.25) is 5.02 Å². The number of carbonyl (C=O) groups is 1. The molecule has 2 aliphatic heterocycles. The van der Waals surface area contributed by atoms with Crippen LogP contribution in [0.25, 0.3) is 11.0 Å². The highest BCUT2D eigenvalue weighted by atomic mass is 35.5. The fourth-order valence-electron chi connectivity index (χ4n) is 6.30. The summed E-state index contributed by atoms with van der Waals surface area (Å²) < 4.78 is 27.9. The van der Waals surface area contributed by atoms with Crippen LogP contribution >= 0.6 is 11.6 Å². The Morgan fingerprint density at radius 1 is 1.20 bits per heavy atom. The van der Waals surface area contributed by atoms with E-state index in [1.165, 1.54) is 6.07 Å². The molecule has 7 rings (SSSR count). The smallest absolute Gasteiger partial charge is 0.335 e. The Bertz CT molecular complexity index is 1640. The van der Waals surface area contributed by atoms with E-state index in [1.807, 2.05) is 12.1 Å². The molecule has 2 aromatic carbocycles. The molecule has 0 amide bonds. The van der Waals surface area contributed by atoms with Crippen LogP contribution in [0.5, 0.6) is 5.88 Å². The molecule has 1 N–H and O–H groups in total. The summed E-state index contributed by atoms with van der Waals surface area (Å²) in [7, 11) is 0. The monoisotopic (exact) mass is 576 g/mol. The first-order valence-corrected chi connectivity index (χ1v) is 14.4. The molecule has 4 aromatic rings. The van der Waals surface area contributed by atoms with Gasteiger partial charge in [-0.05, 0) is 68.1 Å². The number of fused-ring (bicyclic) bond motifs is 2. The van der Waals surface area contributed by atoms with Gasteiger partial charge in [0.25, 0.3) is 0 Å². The van der Waals surface area contributed by atoms with Gasteiger partial charge in [-0.15, -0.1) is 0 Å². The van der Waals surface area contributed by atoms with Crippen molar-refractivity contribution in [1.29, 1.82) is 0 Å². The molecule has 3 unspecified atom stereocenters. The molecular weight excluding hydrogens is 547 g/mol. The number of halogens is 2. The number of hydrogen-bond acceptors (Lipinski definition) is 6. The molecule has 0 radical (unpaired) electrons.